The minimum Gasteiger partial charge on any atom is -0.393 e. The average Bonchev–Trinajstić information content (AvgIpc) is 2.62. The Labute approximate surface area is 108 Å². The van der Waals surface area contributed by atoms with Crippen molar-refractivity contribution in [2.75, 3.05) is 4.90 Å². The maximum atomic E-state index is 9.81. The lowest BCUT2D eigenvalue weighted by Crippen LogP contribution is -2.44. The third-order valence-corrected chi connectivity index (χ3v) is 4.24. The number of nitrogens with two attached hydrogens (primary N) is 1. The van der Waals surface area contributed by atoms with Gasteiger partial charge in [-0.2, -0.15) is 0 Å². The molecular weight excluding hydrogens is 226 g/mol. The second-order valence-corrected chi connectivity index (χ2v) is 5.65. The van der Waals surface area contributed by atoms with Crippen molar-refractivity contribution in [2.45, 2.75) is 56.8 Å². The second kappa shape index (κ2) is 4.52. The summed E-state index contributed by atoms with van der Waals surface area (Å²) in [6, 6.07) is 5.10. The summed E-state index contributed by atoms with van der Waals surface area (Å²) in [6.07, 6.45) is 5.99. The molecule has 1 aromatic heterocycles. The van der Waals surface area contributed by atoms with Gasteiger partial charge in [0.2, 0.25) is 0 Å². The van der Waals surface area contributed by atoms with Gasteiger partial charge in [-0.05, 0) is 44.7 Å². The zero-order chi connectivity index (χ0) is 12.7. The monoisotopic (exact) mass is 247 g/mol. The number of hydrogen-bond acceptors (Lipinski definition) is 4. The molecule has 98 valence electrons. The molecule has 4 nitrogen and oxygen atoms in total. The molecule has 3 atom stereocenters. The van der Waals surface area contributed by atoms with Crippen molar-refractivity contribution in [3.8, 4) is 0 Å². The highest BCUT2D eigenvalue weighted by Gasteiger charge is 2.40. The highest BCUT2D eigenvalue weighted by molar-refractivity contribution is 5.49. The fraction of sp³-hybridized carbons (Fsp3) is 0.643. The van der Waals surface area contributed by atoms with E-state index in [1.54, 1.807) is 0 Å². The van der Waals surface area contributed by atoms with Crippen LogP contribution in [-0.2, 0) is 0 Å². The summed E-state index contributed by atoms with van der Waals surface area (Å²) < 4.78 is 0. The van der Waals surface area contributed by atoms with E-state index < -0.39 is 0 Å². The number of aromatic nitrogens is 1. The zero-order valence-corrected chi connectivity index (χ0v) is 10.8. The van der Waals surface area contributed by atoms with Crippen LogP contribution in [0.3, 0.4) is 0 Å². The van der Waals surface area contributed by atoms with E-state index in [1.165, 1.54) is 18.5 Å². The number of hydrogen-bond donors (Lipinski definition) is 2. The average molecular weight is 247 g/mol. The molecule has 2 bridgehead atoms. The molecule has 0 aromatic carbocycles. The first-order valence-corrected chi connectivity index (χ1v) is 6.83. The van der Waals surface area contributed by atoms with Crippen LogP contribution in [0.4, 0.5) is 5.69 Å². The van der Waals surface area contributed by atoms with Crippen LogP contribution < -0.4 is 10.6 Å². The normalized spacial score (nSPS) is 32.6. The summed E-state index contributed by atoms with van der Waals surface area (Å²) in [6.45, 7) is 1.95. The fourth-order valence-corrected chi connectivity index (χ4v) is 3.39. The largest absolute Gasteiger partial charge is 0.393 e. The van der Waals surface area contributed by atoms with Gasteiger partial charge >= 0.3 is 0 Å². The van der Waals surface area contributed by atoms with E-state index in [9.17, 15) is 5.11 Å². The summed E-state index contributed by atoms with van der Waals surface area (Å²) >= 11 is 0. The summed E-state index contributed by atoms with van der Waals surface area (Å²) in [5.74, 6) is 0. The van der Waals surface area contributed by atoms with Gasteiger partial charge in [-0.1, -0.05) is 0 Å². The highest BCUT2D eigenvalue weighted by atomic mass is 16.3. The molecule has 0 aliphatic carbocycles. The molecule has 4 heteroatoms. The predicted molar refractivity (Wildman–Crippen MR) is 71.4 cm³/mol. The van der Waals surface area contributed by atoms with Gasteiger partial charge in [0.15, 0.2) is 0 Å². The van der Waals surface area contributed by atoms with Crippen LogP contribution in [0, 0.1) is 0 Å². The van der Waals surface area contributed by atoms with Crippen molar-refractivity contribution in [1.82, 2.24) is 4.98 Å². The molecule has 2 saturated heterocycles. The summed E-state index contributed by atoms with van der Waals surface area (Å²) in [5.41, 5.74) is 7.93. The van der Waals surface area contributed by atoms with Gasteiger partial charge in [0.1, 0.15) is 0 Å². The Hall–Kier alpha value is -1.13. The molecule has 1 aromatic rings. The van der Waals surface area contributed by atoms with Crippen molar-refractivity contribution >= 4 is 5.69 Å². The van der Waals surface area contributed by atoms with E-state index in [1.807, 2.05) is 19.2 Å². The van der Waals surface area contributed by atoms with E-state index in [0.29, 0.717) is 12.1 Å². The number of anilines is 1. The topological polar surface area (TPSA) is 62.4 Å². The Morgan fingerprint density at radius 1 is 1.33 bits per heavy atom. The molecule has 0 spiro atoms. The zero-order valence-electron chi connectivity index (χ0n) is 10.8. The molecule has 2 unspecified atom stereocenters. The van der Waals surface area contributed by atoms with Gasteiger partial charge in [0.05, 0.1) is 23.7 Å². The fourth-order valence-electron chi connectivity index (χ4n) is 3.39. The first-order chi connectivity index (χ1) is 8.65. The third-order valence-electron chi connectivity index (χ3n) is 4.24. The molecule has 0 saturated carbocycles. The Balaban J connectivity index is 1.83. The Bertz CT molecular complexity index is 404. The molecule has 3 heterocycles. The lowest BCUT2D eigenvalue weighted by Gasteiger charge is -2.38. The maximum Gasteiger partial charge on any atom is 0.0579 e. The van der Waals surface area contributed by atoms with E-state index in [4.69, 9.17) is 5.73 Å². The summed E-state index contributed by atoms with van der Waals surface area (Å²) in [5, 5.41) is 9.81. The van der Waals surface area contributed by atoms with E-state index in [0.717, 1.165) is 18.5 Å². The Morgan fingerprint density at radius 3 is 2.50 bits per heavy atom. The van der Waals surface area contributed by atoms with Crippen LogP contribution in [0.15, 0.2) is 18.3 Å². The molecule has 3 N–H and O–H groups in total. The SMILES string of the molecule is C[C@H](N)c1ccc(N2C3CCC2CC(O)C3)cn1. The maximum absolute atomic E-state index is 9.81. The van der Waals surface area contributed by atoms with E-state index in [-0.39, 0.29) is 12.1 Å². The van der Waals surface area contributed by atoms with Crippen LogP contribution >= 0.6 is 0 Å². The quantitative estimate of drug-likeness (QED) is 0.833. The van der Waals surface area contributed by atoms with Gasteiger partial charge in [-0.3, -0.25) is 4.98 Å². The van der Waals surface area contributed by atoms with Gasteiger partial charge < -0.3 is 15.7 Å². The molecular formula is C14H21N3O. The molecule has 3 rings (SSSR count). The number of pyridine rings is 1. The van der Waals surface area contributed by atoms with Crippen molar-refractivity contribution < 1.29 is 5.11 Å². The van der Waals surface area contributed by atoms with Gasteiger partial charge in [-0.25, -0.2) is 0 Å². The number of fused-ring (bicyclic) bond motifs is 2. The van der Waals surface area contributed by atoms with Gasteiger partial charge in [0.25, 0.3) is 0 Å². The van der Waals surface area contributed by atoms with Gasteiger partial charge in [0, 0.05) is 18.1 Å². The molecule has 2 fully saturated rings. The number of aliphatic hydroxyl groups excluding tert-OH is 1. The lowest BCUT2D eigenvalue weighted by molar-refractivity contribution is 0.126. The third kappa shape index (κ3) is 1.99. The van der Waals surface area contributed by atoms with Crippen LogP contribution in [-0.4, -0.2) is 28.3 Å². The van der Waals surface area contributed by atoms with Crippen LogP contribution in [0.1, 0.15) is 44.3 Å². The second-order valence-electron chi connectivity index (χ2n) is 5.65. The number of aliphatic hydroxyl groups is 1. The molecule has 0 radical (unpaired) electrons. The highest BCUT2D eigenvalue weighted by Crippen LogP contribution is 2.39. The first-order valence-electron chi connectivity index (χ1n) is 6.83. The van der Waals surface area contributed by atoms with Crippen molar-refractivity contribution in [2.24, 2.45) is 5.73 Å². The van der Waals surface area contributed by atoms with Crippen LogP contribution in [0.25, 0.3) is 0 Å². The van der Waals surface area contributed by atoms with E-state index in [2.05, 4.69) is 16.0 Å². The van der Waals surface area contributed by atoms with Crippen molar-refractivity contribution in [1.29, 1.82) is 0 Å². The Morgan fingerprint density at radius 2 is 2.00 bits per heavy atom. The smallest absolute Gasteiger partial charge is 0.0579 e. The number of nitrogens with zero attached hydrogens (tertiary/aromatic N) is 2. The molecule has 18 heavy (non-hydrogen) atoms. The first kappa shape index (κ1) is 11.9. The number of piperidine rings is 1. The number of rotatable bonds is 2. The van der Waals surface area contributed by atoms with E-state index >= 15 is 0 Å². The minimum absolute atomic E-state index is 0.0149. The standard InChI is InChI=1S/C14H21N3O/c1-9(15)14-5-4-12(8-16-14)17-10-2-3-11(17)7-13(18)6-10/h4-5,8-11,13,18H,2-3,6-7,15H2,1H3/t9-,10?,11?,13?/m0/s1. The Kier molecular flexibility index (Phi) is 2.99. The van der Waals surface area contributed by atoms with Crippen LogP contribution in [0.2, 0.25) is 0 Å². The predicted octanol–water partition coefficient (Wildman–Crippen LogP) is 1.59. The summed E-state index contributed by atoms with van der Waals surface area (Å²) in [7, 11) is 0. The molecule has 2 aliphatic rings. The van der Waals surface area contributed by atoms with Crippen molar-refractivity contribution in [3.05, 3.63) is 24.0 Å². The van der Waals surface area contributed by atoms with Gasteiger partial charge in [-0.15, -0.1) is 0 Å². The molecule has 2 aliphatic heterocycles. The minimum atomic E-state index is -0.116. The van der Waals surface area contributed by atoms with Crippen LogP contribution in [0.5, 0.6) is 0 Å². The van der Waals surface area contributed by atoms with Crippen molar-refractivity contribution in [3.63, 3.8) is 0 Å². The summed E-state index contributed by atoms with van der Waals surface area (Å²) in [4.78, 5) is 6.89. The molecule has 0 amide bonds. The lowest BCUT2D eigenvalue weighted by atomic mass is 9.99.